The summed E-state index contributed by atoms with van der Waals surface area (Å²) in [5, 5.41) is 3.46. The lowest BCUT2D eigenvalue weighted by molar-refractivity contribution is 0.306. The lowest BCUT2D eigenvalue weighted by Crippen LogP contribution is -2.03. The van der Waals surface area contributed by atoms with Crippen LogP contribution in [0, 0.1) is 0 Å². The Morgan fingerprint density at radius 3 is 2.36 bits per heavy atom. The molecule has 0 aliphatic heterocycles. The molecule has 0 aliphatic rings. The van der Waals surface area contributed by atoms with Crippen LogP contribution in [0.3, 0.4) is 0 Å². The second-order valence-electron chi connectivity index (χ2n) is 5.60. The quantitative estimate of drug-likeness (QED) is 0.601. The number of benzene rings is 2. The van der Waals surface area contributed by atoms with Crippen LogP contribution in [0.5, 0.6) is 5.75 Å². The largest absolute Gasteiger partial charge is 0.494 e. The average molecular weight is 297 g/mol. The van der Waals surface area contributed by atoms with E-state index in [4.69, 9.17) is 4.74 Å². The van der Waals surface area contributed by atoms with Gasteiger partial charge >= 0.3 is 0 Å². The molecule has 118 valence electrons. The van der Waals surface area contributed by atoms with Crippen molar-refractivity contribution in [1.29, 1.82) is 0 Å². The van der Waals surface area contributed by atoms with Crippen molar-refractivity contribution in [2.45, 2.75) is 39.0 Å². The Hall–Kier alpha value is -1.96. The normalized spacial score (nSPS) is 10.4. The van der Waals surface area contributed by atoms with E-state index < -0.39 is 0 Å². The standard InChI is InChI=1S/C20H27NO/c1-2-3-7-17-22-20-14-12-19(13-15-20)21-16-8-11-18-9-5-4-6-10-18/h4-6,9-10,12-15,21H,2-3,7-8,11,16-17H2,1H3. The molecule has 2 heteroatoms. The topological polar surface area (TPSA) is 21.3 Å². The second-order valence-corrected chi connectivity index (χ2v) is 5.60. The van der Waals surface area contributed by atoms with Gasteiger partial charge in [-0.05, 0) is 49.1 Å². The molecule has 0 aromatic heterocycles. The van der Waals surface area contributed by atoms with Crippen molar-refractivity contribution in [2.75, 3.05) is 18.5 Å². The molecule has 2 aromatic rings. The zero-order valence-electron chi connectivity index (χ0n) is 13.6. The maximum atomic E-state index is 5.72. The minimum Gasteiger partial charge on any atom is -0.494 e. The molecular formula is C20H27NO. The number of rotatable bonds is 10. The summed E-state index contributed by atoms with van der Waals surface area (Å²) in [6, 6.07) is 18.9. The molecule has 0 aliphatic carbocycles. The predicted octanol–water partition coefficient (Wildman–Crippen LogP) is 5.30. The summed E-state index contributed by atoms with van der Waals surface area (Å²) in [5.41, 5.74) is 2.56. The van der Waals surface area contributed by atoms with Gasteiger partial charge in [0.25, 0.3) is 0 Å². The van der Waals surface area contributed by atoms with Crippen LogP contribution in [0.4, 0.5) is 5.69 Å². The minimum atomic E-state index is 0.817. The van der Waals surface area contributed by atoms with Crippen LogP contribution in [0.15, 0.2) is 54.6 Å². The Kier molecular flexibility index (Phi) is 7.37. The smallest absolute Gasteiger partial charge is 0.119 e. The molecule has 0 unspecified atom stereocenters. The van der Waals surface area contributed by atoms with Crippen LogP contribution >= 0.6 is 0 Å². The van der Waals surface area contributed by atoms with Gasteiger partial charge in [0.05, 0.1) is 6.61 Å². The molecule has 0 fully saturated rings. The lowest BCUT2D eigenvalue weighted by Gasteiger charge is -2.09. The molecule has 1 N–H and O–H groups in total. The van der Waals surface area contributed by atoms with Crippen LogP contribution in [0.1, 0.15) is 38.2 Å². The van der Waals surface area contributed by atoms with E-state index in [-0.39, 0.29) is 0 Å². The van der Waals surface area contributed by atoms with Crippen molar-refractivity contribution in [3.63, 3.8) is 0 Å². The first kappa shape index (κ1) is 16.4. The van der Waals surface area contributed by atoms with E-state index in [1.54, 1.807) is 0 Å². The molecule has 0 saturated heterocycles. The number of nitrogens with one attached hydrogen (secondary N) is 1. The first-order valence-corrected chi connectivity index (χ1v) is 8.39. The lowest BCUT2D eigenvalue weighted by atomic mass is 10.1. The van der Waals surface area contributed by atoms with E-state index in [1.807, 2.05) is 12.1 Å². The van der Waals surface area contributed by atoms with Crippen LogP contribution in [0.2, 0.25) is 0 Å². The van der Waals surface area contributed by atoms with Gasteiger partial charge in [0.1, 0.15) is 5.75 Å². The molecule has 2 rings (SSSR count). The number of aryl methyl sites for hydroxylation is 1. The monoisotopic (exact) mass is 297 g/mol. The first-order valence-electron chi connectivity index (χ1n) is 8.39. The highest BCUT2D eigenvalue weighted by molar-refractivity contribution is 5.46. The molecule has 22 heavy (non-hydrogen) atoms. The number of ether oxygens (including phenoxy) is 1. The Balaban J connectivity index is 1.63. The number of hydrogen-bond donors (Lipinski definition) is 1. The zero-order chi connectivity index (χ0) is 15.5. The third kappa shape index (κ3) is 6.21. The molecule has 0 radical (unpaired) electrons. The molecular weight excluding hydrogens is 270 g/mol. The van der Waals surface area contributed by atoms with E-state index in [2.05, 4.69) is 54.7 Å². The summed E-state index contributed by atoms with van der Waals surface area (Å²) in [6.45, 7) is 4.02. The van der Waals surface area contributed by atoms with Gasteiger partial charge in [-0.25, -0.2) is 0 Å². The van der Waals surface area contributed by atoms with Crippen molar-refractivity contribution in [3.05, 3.63) is 60.2 Å². The van der Waals surface area contributed by atoms with E-state index in [0.29, 0.717) is 0 Å². The third-order valence-corrected chi connectivity index (χ3v) is 3.69. The zero-order valence-corrected chi connectivity index (χ0v) is 13.6. The molecule has 0 saturated carbocycles. The fourth-order valence-corrected chi connectivity index (χ4v) is 2.38. The highest BCUT2D eigenvalue weighted by Gasteiger charge is 1.96. The second kappa shape index (κ2) is 9.88. The summed E-state index contributed by atoms with van der Waals surface area (Å²) in [7, 11) is 0. The fraction of sp³-hybridized carbons (Fsp3) is 0.400. The number of unbranched alkanes of at least 4 members (excludes halogenated alkanes) is 2. The maximum Gasteiger partial charge on any atom is 0.119 e. The maximum absolute atomic E-state index is 5.72. The molecule has 0 atom stereocenters. The summed E-state index contributed by atoms with van der Waals surface area (Å²) in [5.74, 6) is 0.964. The van der Waals surface area contributed by atoms with Gasteiger partial charge in [-0.2, -0.15) is 0 Å². The van der Waals surface area contributed by atoms with Crippen molar-refractivity contribution >= 4 is 5.69 Å². The van der Waals surface area contributed by atoms with Crippen molar-refractivity contribution in [3.8, 4) is 5.75 Å². The highest BCUT2D eigenvalue weighted by atomic mass is 16.5. The fourth-order valence-electron chi connectivity index (χ4n) is 2.38. The van der Waals surface area contributed by atoms with Crippen LogP contribution in [-0.2, 0) is 6.42 Å². The van der Waals surface area contributed by atoms with Gasteiger partial charge in [0.2, 0.25) is 0 Å². The van der Waals surface area contributed by atoms with Gasteiger partial charge in [-0.15, -0.1) is 0 Å². The van der Waals surface area contributed by atoms with Gasteiger partial charge < -0.3 is 10.1 Å². The highest BCUT2D eigenvalue weighted by Crippen LogP contribution is 2.16. The van der Waals surface area contributed by atoms with Gasteiger partial charge in [0.15, 0.2) is 0 Å². The molecule has 0 spiro atoms. The Bertz CT molecular complexity index is 507. The van der Waals surface area contributed by atoms with Gasteiger partial charge in [-0.3, -0.25) is 0 Å². The molecule has 0 amide bonds. The van der Waals surface area contributed by atoms with E-state index in [0.717, 1.165) is 43.9 Å². The summed E-state index contributed by atoms with van der Waals surface area (Å²) in [6.07, 6.45) is 5.86. The Labute approximate surface area is 134 Å². The summed E-state index contributed by atoms with van der Waals surface area (Å²) >= 11 is 0. The molecule has 0 heterocycles. The molecule has 0 bridgehead atoms. The van der Waals surface area contributed by atoms with Crippen LogP contribution in [-0.4, -0.2) is 13.2 Å². The minimum absolute atomic E-state index is 0.817. The van der Waals surface area contributed by atoms with Gasteiger partial charge in [0, 0.05) is 12.2 Å². The van der Waals surface area contributed by atoms with Crippen molar-refractivity contribution in [1.82, 2.24) is 0 Å². The van der Waals surface area contributed by atoms with Crippen LogP contribution in [0.25, 0.3) is 0 Å². The van der Waals surface area contributed by atoms with E-state index in [1.165, 1.54) is 18.4 Å². The number of hydrogen-bond acceptors (Lipinski definition) is 2. The van der Waals surface area contributed by atoms with Gasteiger partial charge in [-0.1, -0.05) is 50.1 Å². The molecule has 2 aromatic carbocycles. The van der Waals surface area contributed by atoms with Crippen molar-refractivity contribution in [2.24, 2.45) is 0 Å². The van der Waals surface area contributed by atoms with Crippen molar-refractivity contribution < 1.29 is 4.74 Å². The summed E-state index contributed by atoms with van der Waals surface area (Å²) in [4.78, 5) is 0. The predicted molar refractivity (Wildman–Crippen MR) is 94.7 cm³/mol. The van der Waals surface area contributed by atoms with Crippen LogP contribution < -0.4 is 10.1 Å². The Morgan fingerprint density at radius 1 is 0.864 bits per heavy atom. The summed E-state index contributed by atoms with van der Waals surface area (Å²) < 4.78 is 5.72. The average Bonchev–Trinajstić information content (AvgIpc) is 2.58. The Morgan fingerprint density at radius 2 is 1.64 bits per heavy atom. The van der Waals surface area contributed by atoms with E-state index >= 15 is 0 Å². The third-order valence-electron chi connectivity index (χ3n) is 3.69. The molecule has 2 nitrogen and oxygen atoms in total. The SMILES string of the molecule is CCCCCOc1ccc(NCCCc2ccccc2)cc1. The first-order chi connectivity index (χ1) is 10.9. The van der Waals surface area contributed by atoms with E-state index in [9.17, 15) is 0 Å². The number of anilines is 1.